The standard InChI is InChI=1S/C7H6ClNO3S/c8-5-1-6(13-4-5)2-9-12-3-7(10)11/h1-2,4H,3H2,(H,10,11). The van der Waals surface area contributed by atoms with Crippen LogP contribution >= 0.6 is 22.9 Å². The Morgan fingerprint density at radius 1 is 1.85 bits per heavy atom. The van der Waals surface area contributed by atoms with Crippen molar-refractivity contribution in [3.63, 3.8) is 0 Å². The number of carboxylic acids is 1. The van der Waals surface area contributed by atoms with Crippen LogP contribution < -0.4 is 0 Å². The van der Waals surface area contributed by atoms with Gasteiger partial charge in [-0.1, -0.05) is 16.8 Å². The minimum Gasteiger partial charge on any atom is -0.479 e. The number of halogens is 1. The first kappa shape index (κ1) is 10.0. The number of oxime groups is 1. The molecule has 0 fully saturated rings. The lowest BCUT2D eigenvalue weighted by molar-refractivity contribution is -0.142. The molecular formula is C7H6ClNO3S. The van der Waals surface area contributed by atoms with E-state index in [1.54, 1.807) is 11.4 Å². The zero-order chi connectivity index (χ0) is 9.68. The zero-order valence-corrected chi connectivity index (χ0v) is 8.01. The molecule has 0 aliphatic rings. The van der Waals surface area contributed by atoms with Crippen molar-refractivity contribution in [1.82, 2.24) is 0 Å². The third-order valence-electron chi connectivity index (χ3n) is 1.03. The molecule has 1 aromatic rings. The van der Waals surface area contributed by atoms with Gasteiger partial charge in [-0.2, -0.15) is 0 Å². The van der Waals surface area contributed by atoms with Crippen molar-refractivity contribution >= 4 is 35.1 Å². The van der Waals surface area contributed by atoms with Gasteiger partial charge in [0.2, 0.25) is 6.61 Å². The summed E-state index contributed by atoms with van der Waals surface area (Å²) in [5.41, 5.74) is 0. The Labute approximate surface area is 83.4 Å². The van der Waals surface area contributed by atoms with Gasteiger partial charge in [0.15, 0.2) is 0 Å². The number of carboxylic acid groups (broad SMARTS) is 1. The van der Waals surface area contributed by atoms with Crippen molar-refractivity contribution in [2.24, 2.45) is 5.16 Å². The van der Waals surface area contributed by atoms with Gasteiger partial charge in [0.05, 0.1) is 16.1 Å². The van der Waals surface area contributed by atoms with E-state index in [-0.39, 0.29) is 0 Å². The first-order valence-electron chi connectivity index (χ1n) is 3.29. The van der Waals surface area contributed by atoms with Gasteiger partial charge in [-0.25, -0.2) is 4.79 Å². The predicted octanol–water partition coefficient (Wildman–Crippen LogP) is 1.84. The smallest absolute Gasteiger partial charge is 0.344 e. The normalized spacial score (nSPS) is 10.5. The Bertz CT molecular complexity index is 323. The third-order valence-corrected chi connectivity index (χ3v) is 2.25. The SMILES string of the molecule is O=C(O)CON=Cc1cc(Cl)cs1. The van der Waals surface area contributed by atoms with Crippen LogP contribution in [0.15, 0.2) is 16.6 Å². The Kier molecular flexibility index (Phi) is 3.72. The molecule has 0 bridgehead atoms. The van der Waals surface area contributed by atoms with E-state index in [1.807, 2.05) is 0 Å². The topological polar surface area (TPSA) is 58.9 Å². The van der Waals surface area contributed by atoms with E-state index in [4.69, 9.17) is 16.7 Å². The second-order valence-corrected chi connectivity index (χ2v) is 3.45. The maximum atomic E-state index is 10.00. The summed E-state index contributed by atoms with van der Waals surface area (Å²) in [7, 11) is 0. The van der Waals surface area contributed by atoms with E-state index in [9.17, 15) is 4.79 Å². The van der Waals surface area contributed by atoms with Crippen molar-refractivity contribution < 1.29 is 14.7 Å². The molecule has 0 aliphatic carbocycles. The summed E-state index contributed by atoms with van der Waals surface area (Å²) >= 11 is 7.04. The molecule has 0 radical (unpaired) electrons. The number of rotatable bonds is 4. The average molecular weight is 220 g/mol. The molecule has 1 rings (SSSR count). The van der Waals surface area contributed by atoms with Crippen molar-refractivity contribution in [2.75, 3.05) is 6.61 Å². The van der Waals surface area contributed by atoms with E-state index in [2.05, 4.69) is 9.99 Å². The maximum Gasteiger partial charge on any atom is 0.344 e. The van der Waals surface area contributed by atoms with Crippen molar-refractivity contribution in [3.05, 3.63) is 21.3 Å². The highest BCUT2D eigenvalue weighted by Gasteiger charge is 1.95. The number of carbonyl (C=O) groups is 1. The highest BCUT2D eigenvalue weighted by atomic mass is 35.5. The minimum atomic E-state index is -1.05. The van der Waals surface area contributed by atoms with Gasteiger partial charge < -0.3 is 9.94 Å². The molecule has 0 aromatic carbocycles. The van der Waals surface area contributed by atoms with Crippen molar-refractivity contribution in [2.45, 2.75) is 0 Å². The number of nitrogens with zero attached hydrogens (tertiary/aromatic N) is 1. The second-order valence-electron chi connectivity index (χ2n) is 2.07. The fourth-order valence-corrected chi connectivity index (χ4v) is 1.51. The molecule has 70 valence electrons. The fourth-order valence-electron chi connectivity index (χ4n) is 0.578. The van der Waals surface area contributed by atoms with Gasteiger partial charge in [-0.15, -0.1) is 11.3 Å². The van der Waals surface area contributed by atoms with Gasteiger partial charge in [-0.05, 0) is 6.07 Å². The van der Waals surface area contributed by atoms with Crippen LogP contribution in [0.1, 0.15) is 4.88 Å². The molecule has 1 aromatic heterocycles. The van der Waals surface area contributed by atoms with Crippen molar-refractivity contribution in [1.29, 1.82) is 0 Å². The van der Waals surface area contributed by atoms with E-state index < -0.39 is 12.6 Å². The largest absolute Gasteiger partial charge is 0.479 e. The lowest BCUT2D eigenvalue weighted by Gasteiger charge is -1.90. The Balaban J connectivity index is 2.36. The molecular weight excluding hydrogens is 214 g/mol. The number of hydrogen-bond donors (Lipinski definition) is 1. The summed E-state index contributed by atoms with van der Waals surface area (Å²) in [6.45, 7) is -0.435. The molecule has 1 heterocycles. The molecule has 0 aliphatic heterocycles. The molecule has 1 N–H and O–H groups in total. The van der Waals surface area contributed by atoms with Gasteiger partial charge in [0.25, 0.3) is 0 Å². The first-order valence-corrected chi connectivity index (χ1v) is 4.55. The van der Waals surface area contributed by atoms with Crippen LogP contribution in [-0.2, 0) is 9.63 Å². The van der Waals surface area contributed by atoms with Crippen molar-refractivity contribution in [3.8, 4) is 0 Å². The molecule has 0 unspecified atom stereocenters. The molecule has 0 spiro atoms. The number of aliphatic carboxylic acids is 1. The lowest BCUT2D eigenvalue weighted by atomic mass is 10.5. The summed E-state index contributed by atoms with van der Waals surface area (Å²) in [6.07, 6.45) is 1.42. The Hall–Kier alpha value is -1.07. The van der Waals surface area contributed by atoms with Gasteiger partial charge >= 0.3 is 5.97 Å². The summed E-state index contributed by atoms with van der Waals surface area (Å²) in [5, 5.41) is 14.0. The van der Waals surface area contributed by atoms with Gasteiger partial charge in [-0.3, -0.25) is 0 Å². The second kappa shape index (κ2) is 4.84. The zero-order valence-electron chi connectivity index (χ0n) is 6.44. The van der Waals surface area contributed by atoms with Gasteiger partial charge in [0.1, 0.15) is 0 Å². The van der Waals surface area contributed by atoms with Crippen LogP contribution in [0.3, 0.4) is 0 Å². The number of thiophene rings is 1. The summed E-state index contributed by atoms with van der Waals surface area (Å²) in [4.78, 5) is 15.3. The van der Waals surface area contributed by atoms with E-state index >= 15 is 0 Å². The van der Waals surface area contributed by atoms with Crippen LogP contribution in [-0.4, -0.2) is 23.9 Å². The quantitative estimate of drug-likeness (QED) is 0.621. The van der Waals surface area contributed by atoms with Crippen LogP contribution in [0.25, 0.3) is 0 Å². The molecule has 0 amide bonds. The van der Waals surface area contributed by atoms with E-state index in [1.165, 1.54) is 17.6 Å². The van der Waals surface area contributed by atoms with E-state index in [0.29, 0.717) is 5.02 Å². The minimum absolute atomic E-state index is 0.435. The third kappa shape index (κ3) is 3.91. The van der Waals surface area contributed by atoms with Gasteiger partial charge in [0, 0.05) is 5.38 Å². The molecule has 0 saturated carbocycles. The van der Waals surface area contributed by atoms with Crippen LogP contribution in [0.4, 0.5) is 0 Å². The van der Waals surface area contributed by atoms with Crippen LogP contribution in [0.5, 0.6) is 0 Å². The average Bonchev–Trinajstić information content (AvgIpc) is 2.45. The Morgan fingerprint density at radius 3 is 3.15 bits per heavy atom. The van der Waals surface area contributed by atoms with Crippen LogP contribution in [0.2, 0.25) is 5.02 Å². The summed E-state index contributed by atoms with van der Waals surface area (Å²) in [5.74, 6) is -1.05. The van der Waals surface area contributed by atoms with E-state index in [0.717, 1.165) is 4.88 Å². The summed E-state index contributed by atoms with van der Waals surface area (Å²) in [6, 6.07) is 1.71. The maximum absolute atomic E-state index is 10.00. The summed E-state index contributed by atoms with van der Waals surface area (Å²) < 4.78 is 0. The Morgan fingerprint density at radius 2 is 2.62 bits per heavy atom. The molecule has 0 atom stereocenters. The number of hydrogen-bond acceptors (Lipinski definition) is 4. The predicted molar refractivity (Wildman–Crippen MR) is 50.5 cm³/mol. The highest BCUT2D eigenvalue weighted by molar-refractivity contribution is 7.12. The molecule has 6 heteroatoms. The molecule has 13 heavy (non-hydrogen) atoms. The fraction of sp³-hybridized carbons (Fsp3) is 0.143. The highest BCUT2D eigenvalue weighted by Crippen LogP contribution is 2.16. The molecule has 0 saturated heterocycles. The van der Waals surface area contributed by atoms with Crippen LogP contribution in [0, 0.1) is 0 Å². The first-order chi connectivity index (χ1) is 6.18. The lowest BCUT2D eigenvalue weighted by Crippen LogP contribution is -2.03. The monoisotopic (exact) mass is 219 g/mol. The molecule has 4 nitrogen and oxygen atoms in total.